The number of hydrogen-bond acceptors (Lipinski definition) is 7. The number of rotatable bonds is 10. The molecule has 0 fully saturated rings. The molecule has 0 aliphatic heterocycles. The molecule has 12 heteroatoms. The lowest BCUT2D eigenvalue weighted by Crippen LogP contribution is -2.29. The van der Waals surface area contributed by atoms with Crippen LogP contribution in [0.2, 0.25) is 0 Å². The van der Waals surface area contributed by atoms with Gasteiger partial charge in [0.25, 0.3) is 0 Å². The Morgan fingerprint density at radius 2 is 2.10 bits per heavy atom. The molecule has 0 saturated carbocycles. The van der Waals surface area contributed by atoms with Crippen LogP contribution in [0.5, 0.6) is 5.75 Å². The largest absolute Gasteiger partial charge is 0.494 e. The molecule has 0 saturated heterocycles. The summed E-state index contributed by atoms with van der Waals surface area (Å²) in [4.78, 5) is 19.9. The van der Waals surface area contributed by atoms with Gasteiger partial charge in [-0.1, -0.05) is 0 Å². The van der Waals surface area contributed by atoms with Crippen molar-refractivity contribution in [1.29, 1.82) is 0 Å². The number of amides is 1. The van der Waals surface area contributed by atoms with Crippen molar-refractivity contribution >= 4 is 23.4 Å². The van der Waals surface area contributed by atoms with E-state index in [-0.39, 0.29) is 42.8 Å². The number of hydrogen-bond donors (Lipinski definition) is 3. The van der Waals surface area contributed by atoms with E-state index >= 15 is 0 Å². The number of carbonyl (C=O) groups excluding carboxylic acids is 1. The highest BCUT2D eigenvalue weighted by atomic mass is 19.1. The van der Waals surface area contributed by atoms with E-state index in [0.29, 0.717) is 11.5 Å². The monoisotopic (exact) mass is 435 g/mol. The van der Waals surface area contributed by atoms with Crippen LogP contribution in [0.25, 0.3) is 0 Å². The SMILES string of the molecule is COc1ccc(F)c(CNc2ccnc(Nc3cnn(CC(=O)NCCF)c3)n2)c1F. The fourth-order valence-electron chi connectivity index (χ4n) is 2.63. The number of aromatic nitrogens is 4. The normalized spacial score (nSPS) is 10.6. The highest BCUT2D eigenvalue weighted by molar-refractivity contribution is 5.75. The van der Waals surface area contributed by atoms with E-state index in [1.54, 1.807) is 12.3 Å². The van der Waals surface area contributed by atoms with Crippen LogP contribution >= 0.6 is 0 Å². The van der Waals surface area contributed by atoms with Gasteiger partial charge >= 0.3 is 0 Å². The van der Waals surface area contributed by atoms with Gasteiger partial charge in [0.15, 0.2) is 11.6 Å². The van der Waals surface area contributed by atoms with Crippen molar-refractivity contribution in [2.75, 3.05) is 31.0 Å². The van der Waals surface area contributed by atoms with Gasteiger partial charge in [0.2, 0.25) is 11.9 Å². The molecule has 3 rings (SSSR count). The number of ether oxygens (including phenoxy) is 1. The molecule has 0 atom stereocenters. The quantitative estimate of drug-likeness (QED) is 0.449. The van der Waals surface area contributed by atoms with Crippen molar-refractivity contribution in [3.63, 3.8) is 0 Å². The molecule has 0 aliphatic carbocycles. The molecular formula is C19H20F3N7O2. The third-order valence-corrected chi connectivity index (χ3v) is 4.08. The van der Waals surface area contributed by atoms with Gasteiger partial charge in [0.1, 0.15) is 24.9 Å². The summed E-state index contributed by atoms with van der Waals surface area (Å²) < 4.78 is 46.5. The molecule has 0 spiro atoms. The maximum Gasteiger partial charge on any atom is 0.241 e. The Kier molecular flexibility index (Phi) is 7.25. The van der Waals surface area contributed by atoms with Crippen LogP contribution < -0.4 is 20.7 Å². The topological polar surface area (TPSA) is 106 Å². The van der Waals surface area contributed by atoms with Gasteiger partial charge < -0.3 is 20.7 Å². The van der Waals surface area contributed by atoms with Crippen LogP contribution in [0, 0.1) is 11.6 Å². The first-order valence-corrected chi connectivity index (χ1v) is 9.20. The molecule has 0 aliphatic rings. The maximum absolute atomic E-state index is 14.3. The predicted octanol–water partition coefficient (Wildman–Crippen LogP) is 2.40. The van der Waals surface area contributed by atoms with Gasteiger partial charge in [-0.2, -0.15) is 10.1 Å². The van der Waals surface area contributed by atoms with E-state index in [4.69, 9.17) is 4.74 Å². The second-order valence-electron chi connectivity index (χ2n) is 6.25. The van der Waals surface area contributed by atoms with Crippen LogP contribution in [0.15, 0.2) is 36.8 Å². The van der Waals surface area contributed by atoms with Crippen molar-refractivity contribution in [2.24, 2.45) is 0 Å². The van der Waals surface area contributed by atoms with E-state index in [1.165, 1.54) is 30.3 Å². The van der Waals surface area contributed by atoms with Gasteiger partial charge in [0.05, 0.1) is 19.0 Å². The van der Waals surface area contributed by atoms with Gasteiger partial charge in [-0.15, -0.1) is 0 Å². The summed E-state index contributed by atoms with van der Waals surface area (Å²) in [5.41, 5.74) is 0.333. The molecule has 2 aromatic heterocycles. The van der Waals surface area contributed by atoms with E-state index < -0.39 is 18.3 Å². The molecule has 3 aromatic rings. The molecule has 1 amide bonds. The predicted molar refractivity (Wildman–Crippen MR) is 107 cm³/mol. The van der Waals surface area contributed by atoms with E-state index in [2.05, 4.69) is 31.0 Å². The molecule has 0 radical (unpaired) electrons. The number of alkyl halides is 1. The van der Waals surface area contributed by atoms with E-state index in [9.17, 15) is 18.0 Å². The Labute approximate surface area is 175 Å². The molecule has 9 nitrogen and oxygen atoms in total. The van der Waals surface area contributed by atoms with Crippen LogP contribution in [-0.4, -0.2) is 46.0 Å². The van der Waals surface area contributed by atoms with Crippen LogP contribution in [0.4, 0.5) is 30.6 Å². The molecule has 0 bridgehead atoms. The number of nitrogens with one attached hydrogen (secondary N) is 3. The number of nitrogens with zero attached hydrogens (tertiary/aromatic N) is 4. The number of halogens is 3. The van der Waals surface area contributed by atoms with Crippen molar-refractivity contribution in [3.05, 3.63) is 54.0 Å². The molecule has 3 N–H and O–H groups in total. The minimum absolute atomic E-state index is 0.0532. The molecule has 31 heavy (non-hydrogen) atoms. The van der Waals surface area contributed by atoms with Gasteiger partial charge in [-0.05, 0) is 18.2 Å². The third kappa shape index (κ3) is 5.84. The molecule has 0 unspecified atom stereocenters. The summed E-state index contributed by atoms with van der Waals surface area (Å²) in [7, 11) is 1.30. The summed E-state index contributed by atoms with van der Waals surface area (Å²) >= 11 is 0. The van der Waals surface area contributed by atoms with Crippen molar-refractivity contribution < 1.29 is 22.7 Å². The first-order valence-electron chi connectivity index (χ1n) is 9.20. The van der Waals surface area contributed by atoms with E-state index in [0.717, 1.165) is 6.07 Å². The lowest BCUT2D eigenvalue weighted by molar-refractivity contribution is -0.121. The van der Waals surface area contributed by atoms with E-state index in [1.807, 2.05) is 0 Å². The van der Waals surface area contributed by atoms with Crippen molar-refractivity contribution in [1.82, 2.24) is 25.1 Å². The Morgan fingerprint density at radius 1 is 1.26 bits per heavy atom. The number of benzene rings is 1. The van der Waals surface area contributed by atoms with Gasteiger partial charge in [-0.25, -0.2) is 18.2 Å². The van der Waals surface area contributed by atoms with Crippen LogP contribution in [-0.2, 0) is 17.9 Å². The summed E-state index contributed by atoms with van der Waals surface area (Å²) in [6, 6.07) is 3.88. The first-order chi connectivity index (χ1) is 15.0. The van der Waals surface area contributed by atoms with Crippen LogP contribution in [0.1, 0.15) is 5.56 Å². The molecule has 164 valence electrons. The Balaban J connectivity index is 1.62. The summed E-state index contributed by atoms with van der Waals surface area (Å²) in [6.45, 7) is -0.919. The lowest BCUT2D eigenvalue weighted by Gasteiger charge is -2.11. The number of anilines is 3. The fourth-order valence-corrected chi connectivity index (χ4v) is 2.63. The summed E-state index contributed by atoms with van der Waals surface area (Å²) in [5.74, 6) is -1.38. The Hall–Kier alpha value is -3.83. The zero-order valence-electron chi connectivity index (χ0n) is 16.5. The molecular weight excluding hydrogens is 415 g/mol. The maximum atomic E-state index is 14.3. The molecule has 2 heterocycles. The standard InChI is InChI=1S/C19H20F3N7O2/c1-31-15-3-2-14(21)13(18(15)22)9-25-16-4-6-24-19(28-16)27-12-8-26-29(10-12)11-17(30)23-7-5-20/h2-4,6,8,10H,5,7,9,11H2,1H3,(H,23,30)(H2,24,25,27,28). The third-order valence-electron chi connectivity index (χ3n) is 4.08. The minimum Gasteiger partial charge on any atom is -0.494 e. The lowest BCUT2D eigenvalue weighted by atomic mass is 10.2. The minimum atomic E-state index is -0.787. The summed E-state index contributed by atoms with van der Waals surface area (Å²) in [5, 5.41) is 12.2. The van der Waals surface area contributed by atoms with Crippen LogP contribution in [0.3, 0.4) is 0 Å². The second-order valence-corrected chi connectivity index (χ2v) is 6.25. The Morgan fingerprint density at radius 3 is 2.87 bits per heavy atom. The highest BCUT2D eigenvalue weighted by Gasteiger charge is 2.14. The van der Waals surface area contributed by atoms with Gasteiger partial charge in [0, 0.05) is 31.0 Å². The zero-order chi connectivity index (χ0) is 22.2. The van der Waals surface area contributed by atoms with Crippen molar-refractivity contribution in [2.45, 2.75) is 13.1 Å². The fraction of sp³-hybridized carbons (Fsp3) is 0.263. The van der Waals surface area contributed by atoms with Crippen molar-refractivity contribution in [3.8, 4) is 5.75 Å². The summed E-state index contributed by atoms with van der Waals surface area (Å²) in [6.07, 6.45) is 4.48. The number of carbonyl (C=O) groups is 1. The second kappa shape index (κ2) is 10.3. The average molecular weight is 435 g/mol. The first kappa shape index (κ1) is 21.9. The smallest absolute Gasteiger partial charge is 0.241 e. The highest BCUT2D eigenvalue weighted by Crippen LogP contribution is 2.23. The average Bonchev–Trinajstić information content (AvgIpc) is 3.19. The Bertz CT molecular complexity index is 1050. The molecule has 1 aromatic carbocycles. The van der Waals surface area contributed by atoms with Gasteiger partial charge in [-0.3, -0.25) is 9.48 Å². The number of methoxy groups -OCH3 is 1. The zero-order valence-corrected chi connectivity index (χ0v) is 16.5.